The molecule has 0 saturated carbocycles. The van der Waals surface area contributed by atoms with Gasteiger partial charge in [-0.25, -0.2) is 18.6 Å². The zero-order valence-corrected chi connectivity index (χ0v) is 13.5. The molecule has 0 radical (unpaired) electrons. The first kappa shape index (κ1) is 16.7. The summed E-state index contributed by atoms with van der Waals surface area (Å²) in [6, 6.07) is 9.32. The maximum absolute atomic E-state index is 13.0. The van der Waals surface area contributed by atoms with Gasteiger partial charge < -0.3 is 9.30 Å². The lowest BCUT2D eigenvalue weighted by Gasteiger charge is -2.27. The summed E-state index contributed by atoms with van der Waals surface area (Å²) in [7, 11) is 0. The van der Waals surface area contributed by atoms with Gasteiger partial charge >= 0.3 is 6.09 Å². The van der Waals surface area contributed by atoms with Gasteiger partial charge in [0.2, 0.25) is 0 Å². The normalized spacial score (nSPS) is 13.9. The predicted molar refractivity (Wildman–Crippen MR) is 83.8 cm³/mol. The summed E-state index contributed by atoms with van der Waals surface area (Å²) in [6.45, 7) is 1.03. The van der Waals surface area contributed by atoms with Gasteiger partial charge in [-0.05, 0) is 5.56 Å². The van der Waals surface area contributed by atoms with Crippen LogP contribution in [0.5, 0.6) is 0 Å². The minimum atomic E-state index is -2.68. The first-order chi connectivity index (χ1) is 11.6. The van der Waals surface area contributed by atoms with E-state index in [4.69, 9.17) is 16.3 Å². The minimum absolute atomic E-state index is 0.0366. The Hall–Kier alpha value is -2.15. The molecule has 3 rings (SSSR count). The molecule has 128 valence electrons. The van der Waals surface area contributed by atoms with Crippen LogP contribution in [0, 0.1) is 0 Å². The van der Waals surface area contributed by atoms with Crippen molar-refractivity contribution in [1.82, 2.24) is 14.5 Å². The van der Waals surface area contributed by atoms with Crippen LogP contribution in [0.2, 0.25) is 0 Å². The molecule has 1 aromatic heterocycles. The maximum atomic E-state index is 13.0. The molecule has 8 heteroatoms. The van der Waals surface area contributed by atoms with E-state index in [9.17, 15) is 13.6 Å². The van der Waals surface area contributed by atoms with E-state index in [2.05, 4.69) is 4.98 Å². The Balaban J connectivity index is 1.67. The van der Waals surface area contributed by atoms with Crippen LogP contribution >= 0.6 is 11.6 Å². The number of imidazole rings is 1. The molecule has 1 amide bonds. The lowest BCUT2D eigenvalue weighted by molar-refractivity contribution is 0.0860. The zero-order chi connectivity index (χ0) is 17.1. The van der Waals surface area contributed by atoms with Crippen molar-refractivity contribution in [3.63, 3.8) is 0 Å². The summed E-state index contributed by atoms with van der Waals surface area (Å²) in [5, 5.41) is 0. The largest absolute Gasteiger partial charge is 0.445 e. The van der Waals surface area contributed by atoms with Gasteiger partial charge in [0, 0.05) is 13.1 Å². The number of carbonyl (C=O) groups is 1. The topological polar surface area (TPSA) is 47.4 Å². The number of amides is 1. The first-order valence-electron chi connectivity index (χ1n) is 7.48. The fraction of sp³-hybridized carbons (Fsp3) is 0.375. The Kier molecular flexibility index (Phi) is 4.99. The molecular weight excluding hydrogens is 340 g/mol. The highest BCUT2D eigenvalue weighted by molar-refractivity contribution is 6.17. The summed E-state index contributed by atoms with van der Waals surface area (Å²) in [6.07, 6.45) is -3.17. The van der Waals surface area contributed by atoms with Crippen molar-refractivity contribution in [1.29, 1.82) is 0 Å². The molecule has 1 aliphatic heterocycles. The van der Waals surface area contributed by atoms with Crippen LogP contribution in [0.25, 0.3) is 0 Å². The van der Waals surface area contributed by atoms with Gasteiger partial charge in [0.05, 0.1) is 18.1 Å². The number of ether oxygens (including phenoxy) is 1. The molecule has 24 heavy (non-hydrogen) atoms. The predicted octanol–water partition coefficient (Wildman–Crippen LogP) is 3.71. The van der Waals surface area contributed by atoms with Crippen LogP contribution in [0.1, 0.15) is 29.2 Å². The van der Waals surface area contributed by atoms with E-state index in [0.717, 1.165) is 5.56 Å². The van der Waals surface area contributed by atoms with E-state index in [0.29, 0.717) is 24.6 Å². The molecule has 1 aromatic carbocycles. The second kappa shape index (κ2) is 7.17. The number of rotatable bonds is 4. The van der Waals surface area contributed by atoms with E-state index in [1.807, 2.05) is 30.3 Å². The van der Waals surface area contributed by atoms with Crippen molar-refractivity contribution in [2.45, 2.75) is 32.0 Å². The molecule has 0 aliphatic carbocycles. The molecule has 0 N–H and O–H groups in total. The standard InChI is InChI=1S/C16H16ClF2N3O2/c17-8-12-14(15(18)19)20-13-9-21(6-7-22(12)13)16(23)24-10-11-4-2-1-3-5-11/h1-5,15H,6-10H2. The monoisotopic (exact) mass is 355 g/mol. The minimum Gasteiger partial charge on any atom is -0.445 e. The number of nitrogens with zero attached hydrogens (tertiary/aromatic N) is 3. The van der Waals surface area contributed by atoms with Crippen molar-refractivity contribution in [3.05, 3.63) is 53.1 Å². The maximum Gasteiger partial charge on any atom is 0.410 e. The third kappa shape index (κ3) is 3.36. The quantitative estimate of drug-likeness (QED) is 0.785. The number of halogens is 3. The van der Waals surface area contributed by atoms with Gasteiger partial charge in [-0.1, -0.05) is 30.3 Å². The number of hydrogen-bond donors (Lipinski definition) is 0. The molecule has 5 nitrogen and oxygen atoms in total. The molecule has 0 fully saturated rings. The number of benzene rings is 1. The molecule has 2 heterocycles. The van der Waals surface area contributed by atoms with Crippen molar-refractivity contribution in [2.24, 2.45) is 0 Å². The second-order valence-corrected chi connectivity index (χ2v) is 5.67. The van der Waals surface area contributed by atoms with Crippen molar-refractivity contribution in [2.75, 3.05) is 6.54 Å². The summed E-state index contributed by atoms with van der Waals surface area (Å²) >= 11 is 5.77. The molecule has 1 aliphatic rings. The van der Waals surface area contributed by atoms with Gasteiger partial charge in [0.15, 0.2) is 0 Å². The number of hydrogen-bond acceptors (Lipinski definition) is 3. The van der Waals surface area contributed by atoms with E-state index < -0.39 is 12.5 Å². The van der Waals surface area contributed by atoms with Crippen LogP contribution in [0.15, 0.2) is 30.3 Å². The van der Waals surface area contributed by atoms with Gasteiger partial charge in [-0.15, -0.1) is 11.6 Å². The van der Waals surface area contributed by atoms with Crippen LogP contribution in [0.3, 0.4) is 0 Å². The second-order valence-electron chi connectivity index (χ2n) is 5.41. The summed E-state index contributed by atoms with van der Waals surface area (Å²) in [4.78, 5) is 17.6. The first-order valence-corrected chi connectivity index (χ1v) is 8.01. The number of fused-ring (bicyclic) bond motifs is 1. The highest BCUT2D eigenvalue weighted by Crippen LogP contribution is 2.27. The average Bonchev–Trinajstić information content (AvgIpc) is 2.98. The van der Waals surface area contributed by atoms with Gasteiger partial charge in [0.25, 0.3) is 6.43 Å². The number of carbonyl (C=O) groups excluding carboxylic acids is 1. The molecule has 0 saturated heterocycles. The fourth-order valence-electron chi connectivity index (χ4n) is 2.69. The van der Waals surface area contributed by atoms with Crippen molar-refractivity contribution < 1.29 is 18.3 Å². The number of alkyl halides is 3. The Morgan fingerprint density at radius 1 is 1.29 bits per heavy atom. The third-order valence-electron chi connectivity index (χ3n) is 3.90. The highest BCUT2D eigenvalue weighted by atomic mass is 35.5. The smallest absolute Gasteiger partial charge is 0.410 e. The Bertz CT molecular complexity index is 722. The molecule has 0 unspecified atom stereocenters. The zero-order valence-electron chi connectivity index (χ0n) is 12.8. The van der Waals surface area contributed by atoms with Crippen LogP contribution in [-0.2, 0) is 30.3 Å². The number of aromatic nitrogens is 2. The van der Waals surface area contributed by atoms with Gasteiger partial charge in [-0.3, -0.25) is 4.90 Å². The van der Waals surface area contributed by atoms with Crippen LogP contribution in [0.4, 0.5) is 13.6 Å². The lowest BCUT2D eigenvalue weighted by Crippen LogP contribution is -2.39. The molecule has 0 bridgehead atoms. The van der Waals surface area contributed by atoms with E-state index in [1.165, 1.54) is 4.90 Å². The highest BCUT2D eigenvalue weighted by Gasteiger charge is 2.29. The average molecular weight is 356 g/mol. The molecule has 2 aromatic rings. The summed E-state index contributed by atoms with van der Waals surface area (Å²) in [5.41, 5.74) is 0.896. The Morgan fingerprint density at radius 3 is 2.71 bits per heavy atom. The van der Waals surface area contributed by atoms with E-state index in [1.54, 1.807) is 4.57 Å². The van der Waals surface area contributed by atoms with E-state index in [-0.39, 0.29) is 24.7 Å². The van der Waals surface area contributed by atoms with E-state index >= 15 is 0 Å². The van der Waals surface area contributed by atoms with Gasteiger partial charge in [-0.2, -0.15) is 0 Å². The van der Waals surface area contributed by atoms with Crippen molar-refractivity contribution >= 4 is 17.7 Å². The SMILES string of the molecule is O=C(OCc1ccccc1)N1CCn2c(nc(C(F)F)c2CCl)C1. The molecule has 0 atom stereocenters. The molecular formula is C16H16ClF2N3O2. The fourth-order valence-corrected chi connectivity index (χ4v) is 2.98. The summed E-state index contributed by atoms with van der Waals surface area (Å²) in [5.74, 6) is 0.370. The van der Waals surface area contributed by atoms with Crippen LogP contribution in [-0.4, -0.2) is 27.1 Å². The Morgan fingerprint density at radius 2 is 2.04 bits per heavy atom. The third-order valence-corrected chi connectivity index (χ3v) is 4.16. The van der Waals surface area contributed by atoms with Crippen molar-refractivity contribution in [3.8, 4) is 0 Å². The van der Waals surface area contributed by atoms with Gasteiger partial charge in [0.1, 0.15) is 18.1 Å². The van der Waals surface area contributed by atoms with Crippen LogP contribution < -0.4 is 0 Å². The Labute approximate surface area is 142 Å². The molecule has 0 spiro atoms. The lowest BCUT2D eigenvalue weighted by atomic mass is 10.2. The summed E-state index contributed by atoms with van der Waals surface area (Å²) < 4.78 is 33.0.